The molecule has 2 nitrogen and oxygen atoms in total. The lowest BCUT2D eigenvalue weighted by molar-refractivity contribution is -0.120. The van der Waals surface area contributed by atoms with Gasteiger partial charge in [-0.3, -0.25) is 4.79 Å². The van der Waals surface area contributed by atoms with Gasteiger partial charge in [0.15, 0.2) is 0 Å². The van der Waals surface area contributed by atoms with Crippen LogP contribution in [-0.4, -0.2) is 17.2 Å². The molecule has 0 saturated heterocycles. The van der Waals surface area contributed by atoms with E-state index in [-0.39, 0.29) is 17.0 Å². The van der Waals surface area contributed by atoms with Gasteiger partial charge in [0.2, 0.25) is 5.91 Å². The van der Waals surface area contributed by atoms with E-state index in [4.69, 9.17) is 0 Å². The average Bonchev–Trinajstić information content (AvgIpc) is 3.11. The predicted molar refractivity (Wildman–Crippen MR) is 76.0 cm³/mol. The molecule has 1 fully saturated rings. The van der Waals surface area contributed by atoms with Crippen molar-refractivity contribution in [3.05, 3.63) is 34.1 Å². The van der Waals surface area contributed by atoms with Crippen LogP contribution in [0, 0.1) is 5.82 Å². The Labute approximate surface area is 119 Å². The summed E-state index contributed by atoms with van der Waals surface area (Å²) in [5.74, 6) is 0.338. The van der Waals surface area contributed by atoms with E-state index < -0.39 is 0 Å². The highest BCUT2D eigenvalue weighted by Gasteiger charge is 2.25. The average molecular weight is 332 g/mol. The first-order valence-electron chi connectivity index (χ1n) is 5.92. The zero-order chi connectivity index (χ0) is 13.1. The summed E-state index contributed by atoms with van der Waals surface area (Å²) in [4.78, 5) is 11.7. The first-order valence-corrected chi connectivity index (χ1v) is 7.76. The third-order valence-corrected chi connectivity index (χ3v) is 4.48. The molecule has 0 spiro atoms. The van der Waals surface area contributed by atoms with E-state index in [1.807, 2.05) is 13.0 Å². The Balaban J connectivity index is 1.84. The molecule has 98 valence electrons. The summed E-state index contributed by atoms with van der Waals surface area (Å²) in [7, 11) is 0. The maximum atomic E-state index is 13.6. The van der Waals surface area contributed by atoms with Crippen molar-refractivity contribution in [1.29, 1.82) is 0 Å². The van der Waals surface area contributed by atoms with Crippen molar-refractivity contribution in [3.63, 3.8) is 0 Å². The van der Waals surface area contributed by atoms with Gasteiger partial charge in [0.05, 0.1) is 5.25 Å². The summed E-state index contributed by atoms with van der Waals surface area (Å²) >= 11 is 4.68. The summed E-state index contributed by atoms with van der Waals surface area (Å²) in [6.45, 7) is 1.86. The van der Waals surface area contributed by atoms with E-state index in [0.717, 1.165) is 17.3 Å². The van der Waals surface area contributed by atoms with Crippen LogP contribution in [0.5, 0.6) is 0 Å². The van der Waals surface area contributed by atoms with Crippen LogP contribution >= 0.6 is 27.7 Å². The number of amides is 1. The van der Waals surface area contributed by atoms with Gasteiger partial charge in [0.25, 0.3) is 0 Å². The Bertz CT molecular complexity index is 451. The monoisotopic (exact) mass is 331 g/mol. The smallest absolute Gasteiger partial charge is 0.233 e. The van der Waals surface area contributed by atoms with E-state index in [2.05, 4.69) is 21.2 Å². The molecule has 18 heavy (non-hydrogen) atoms. The van der Waals surface area contributed by atoms with Crippen LogP contribution in [0.4, 0.5) is 4.39 Å². The molecule has 0 aromatic heterocycles. The van der Waals surface area contributed by atoms with Gasteiger partial charge < -0.3 is 5.32 Å². The number of halogens is 2. The summed E-state index contributed by atoms with van der Waals surface area (Å²) in [5, 5.41) is 2.81. The molecule has 5 heteroatoms. The first-order chi connectivity index (χ1) is 8.56. The van der Waals surface area contributed by atoms with Crippen molar-refractivity contribution in [2.45, 2.75) is 36.8 Å². The quantitative estimate of drug-likeness (QED) is 0.894. The SMILES string of the molecule is C[C@@H](SCc1ccc(Br)cc1F)C(=O)NC1CC1. The number of nitrogens with one attached hydrogen (secondary N) is 1. The van der Waals surface area contributed by atoms with Crippen LogP contribution in [0.3, 0.4) is 0 Å². The molecule has 0 heterocycles. The summed E-state index contributed by atoms with van der Waals surface area (Å²) < 4.78 is 14.3. The molecule has 1 aromatic rings. The Morgan fingerprint density at radius 1 is 1.61 bits per heavy atom. The Hall–Kier alpha value is -0.550. The Morgan fingerprint density at radius 3 is 2.94 bits per heavy atom. The molecule has 0 radical (unpaired) electrons. The third kappa shape index (κ3) is 3.99. The van der Waals surface area contributed by atoms with Crippen molar-refractivity contribution in [3.8, 4) is 0 Å². The van der Waals surface area contributed by atoms with E-state index in [1.54, 1.807) is 6.07 Å². The minimum Gasteiger partial charge on any atom is -0.352 e. The minimum atomic E-state index is -0.230. The normalized spacial score (nSPS) is 16.4. The summed E-state index contributed by atoms with van der Waals surface area (Å²) in [5.41, 5.74) is 0.634. The minimum absolute atomic E-state index is 0.0556. The fraction of sp³-hybridized carbons (Fsp3) is 0.462. The molecule has 1 amide bonds. The zero-order valence-corrected chi connectivity index (χ0v) is 12.5. The molecule has 0 bridgehead atoms. The third-order valence-electron chi connectivity index (χ3n) is 2.80. The van der Waals surface area contributed by atoms with Gasteiger partial charge in [-0.15, -0.1) is 11.8 Å². The van der Waals surface area contributed by atoms with Gasteiger partial charge in [-0.2, -0.15) is 0 Å². The predicted octanol–water partition coefficient (Wildman–Crippen LogP) is 3.49. The molecule has 1 aliphatic rings. The lowest BCUT2D eigenvalue weighted by atomic mass is 10.2. The van der Waals surface area contributed by atoms with Crippen LogP contribution in [-0.2, 0) is 10.5 Å². The lowest BCUT2D eigenvalue weighted by Gasteiger charge is -2.11. The van der Waals surface area contributed by atoms with Crippen molar-refractivity contribution >= 4 is 33.6 Å². The van der Waals surface area contributed by atoms with Crippen LogP contribution in [0.15, 0.2) is 22.7 Å². The molecule has 1 aromatic carbocycles. The highest BCUT2D eigenvalue weighted by atomic mass is 79.9. The molecule has 0 aliphatic heterocycles. The molecular formula is C13H15BrFNOS. The highest BCUT2D eigenvalue weighted by molar-refractivity contribution is 9.10. The van der Waals surface area contributed by atoms with E-state index in [1.165, 1.54) is 17.8 Å². The lowest BCUT2D eigenvalue weighted by Crippen LogP contribution is -2.32. The second kappa shape index (κ2) is 6.06. The molecule has 1 aliphatic carbocycles. The topological polar surface area (TPSA) is 29.1 Å². The fourth-order valence-corrected chi connectivity index (χ4v) is 2.69. The standard InChI is InChI=1S/C13H15BrFNOS/c1-8(13(17)16-11-4-5-11)18-7-9-2-3-10(14)6-12(9)15/h2-3,6,8,11H,4-5,7H2,1H3,(H,16,17)/t8-/m1/s1. The van der Waals surface area contributed by atoms with Crippen molar-refractivity contribution in [2.24, 2.45) is 0 Å². The molecular weight excluding hydrogens is 317 g/mol. The number of benzene rings is 1. The van der Waals surface area contributed by atoms with Gasteiger partial charge in [-0.25, -0.2) is 4.39 Å². The second-order valence-electron chi connectivity index (χ2n) is 4.47. The van der Waals surface area contributed by atoms with Crippen LogP contribution in [0.1, 0.15) is 25.3 Å². The summed E-state index contributed by atoms with van der Waals surface area (Å²) in [6.07, 6.45) is 2.18. The van der Waals surface area contributed by atoms with Crippen molar-refractivity contribution in [2.75, 3.05) is 0 Å². The van der Waals surface area contributed by atoms with Crippen LogP contribution < -0.4 is 5.32 Å². The largest absolute Gasteiger partial charge is 0.352 e. The van der Waals surface area contributed by atoms with Gasteiger partial charge in [-0.1, -0.05) is 22.0 Å². The van der Waals surface area contributed by atoms with Crippen LogP contribution in [0.2, 0.25) is 0 Å². The Morgan fingerprint density at radius 2 is 2.33 bits per heavy atom. The maximum absolute atomic E-state index is 13.6. The molecule has 2 rings (SSSR count). The number of rotatable bonds is 5. The Kier molecular flexibility index (Phi) is 4.67. The number of thioether (sulfide) groups is 1. The molecule has 1 N–H and O–H groups in total. The van der Waals surface area contributed by atoms with E-state index in [9.17, 15) is 9.18 Å². The molecule has 0 unspecified atom stereocenters. The number of carbonyl (C=O) groups excluding carboxylic acids is 1. The second-order valence-corrected chi connectivity index (χ2v) is 6.72. The number of hydrogen-bond acceptors (Lipinski definition) is 2. The fourth-order valence-electron chi connectivity index (χ4n) is 1.48. The summed E-state index contributed by atoms with van der Waals surface area (Å²) in [6, 6.07) is 5.39. The number of carbonyl (C=O) groups is 1. The number of hydrogen-bond donors (Lipinski definition) is 1. The zero-order valence-electron chi connectivity index (χ0n) is 10.1. The van der Waals surface area contributed by atoms with Crippen LogP contribution in [0.25, 0.3) is 0 Å². The maximum Gasteiger partial charge on any atom is 0.233 e. The van der Waals surface area contributed by atoms with Gasteiger partial charge in [-0.05, 0) is 37.5 Å². The van der Waals surface area contributed by atoms with Gasteiger partial charge >= 0.3 is 0 Å². The van der Waals surface area contributed by atoms with Crippen molar-refractivity contribution in [1.82, 2.24) is 5.32 Å². The molecule has 1 atom stereocenters. The van der Waals surface area contributed by atoms with Crippen molar-refractivity contribution < 1.29 is 9.18 Å². The van der Waals surface area contributed by atoms with Gasteiger partial charge in [0.1, 0.15) is 5.82 Å². The first kappa shape index (κ1) is 13.9. The van der Waals surface area contributed by atoms with Gasteiger partial charge in [0, 0.05) is 16.3 Å². The van der Waals surface area contributed by atoms with E-state index >= 15 is 0 Å². The van der Waals surface area contributed by atoms with E-state index in [0.29, 0.717) is 17.4 Å². The highest BCUT2D eigenvalue weighted by Crippen LogP contribution is 2.24. The molecule has 1 saturated carbocycles.